The Morgan fingerprint density at radius 3 is 0.974 bits per heavy atom. The highest BCUT2D eigenvalue weighted by atomic mass is 16.7. The molecule has 0 aromatic heterocycles. The highest BCUT2D eigenvalue weighted by Crippen LogP contribution is 2.19. The first-order valence-corrected chi connectivity index (χ1v) is 33.3. The molecule has 0 spiro atoms. The van der Waals surface area contributed by atoms with Gasteiger partial charge in [0.15, 0.2) is 12.4 Å². The number of hydrogen-bond donors (Lipinski definition) is 0. The number of aliphatic carboxylic acids is 1. The Hall–Kier alpha value is -1.97. The lowest BCUT2D eigenvalue weighted by atomic mass is 10.0. The van der Waals surface area contributed by atoms with Crippen LogP contribution in [0, 0.1) is 0 Å². The van der Waals surface area contributed by atoms with E-state index >= 15 is 0 Å². The zero-order valence-electron chi connectivity index (χ0n) is 51.4. The Morgan fingerprint density at radius 2 is 0.671 bits per heavy atom. The Balaban J connectivity index is 3.96. The van der Waals surface area contributed by atoms with Crippen LogP contribution in [0.5, 0.6) is 0 Å². The molecule has 0 aliphatic rings. The topological polar surface area (TPSA) is 111 Å². The van der Waals surface area contributed by atoms with Crippen LogP contribution in [-0.4, -0.2) is 82.3 Å². The number of carboxylic acids is 1. The number of carbonyl (C=O) groups is 3. The highest BCUT2D eigenvalue weighted by Gasteiger charge is 2.22. The van der Waals surface area contributed by atoms with Crippen molar-refractivity contribution < 1.29 is 42.9 Å². The molecule has 9 heteroatoms. The first-order chi connectivity index (χ1) is 37.1. The Labute approximate surface area is 472 Å². The largest absolute Gasteiger partial charge is 0.545 e. The standard InChI is InChI=1S/C67H129NO8/c1-6-8-10-12-14-16-18-20-22-24-25-26-27-28-29-30-31-32-33-34-35-36-37-38-39-40-41-42-44-45-47-49-51-53-55-57-64(69)74-61-63(62-75-67(66(71)72)73-60-59-68(3,4)5)76-65(70)58-56-54-52-50-48-46-43-23-21-19-17-15-13-11-9-7-2/h23,43,63,67H,6-22,24-42,44-62H2,1-5H3/b43-23-. The van der Waals surface area contributed by atoms with E-state index in [1.165, 1.54) is 257 Å². The van der Waals surface area contributed by atoms with Gasteiger partial charge in [-0.05, 0) is 38.5 Å². The molecule has 0 N–H and O–H groups in total. The molecule has 0 bridgehead atoms. The van der Waals surface area contributed by atoms with E-state index in [1.54, 1.807) is 0 Å². The van der Waals surface area contributed by atoms with Crippen molar-refractivity contribution in [3.05, 3.63) is 12.2 Å². The fourth-order valence-electron chi connectivity index (χ4n) is 10.1. The molecular weight excluding hydrogens is 947 g/mol. The average molecular weight is 1080 g/mol. The summed E-state index contributed by atoms with van der Waals surface area (Å²) in [5, 5.41) is 11.8. The number of carbonyl (C=O) groups excluding carboxylic acids is 3. The first kappa shape index (κ1) is 74.0. The predicted molar refractivity (Wildman–Crippen MR) is 320 cm³/mol. The second-order valence-electron chi connectivity index (χ2n) is 24.1. The van der Waals surface area contributed by atoms with Crippen molar-refractivity contribution in [2.45, 2.75) is 354 Å². The van der Waals surface area contributed by atoms with E-state index in [2.05, 4.69) is 26.0 Å². The van der Waals surface area contributed by atoms with Crippen LogP contribution in [0.25, 0.3) is 0 Å². The Morgan fingerprint density at radius 1 is 0.382 bits per heavy atom. The third-order valence-electron chi connectivity index (χ3n) is 15.3. The molecule has 0 saturated heterocycles. The van der Waals surface area contributed by atoms with Crippen LogP contribution in [0.4, 0.5) is 0 Å². The van der Waals surface area contributed by atoms with Crippen LogP contribution >= 0.6 is 0 Å². The molecule has 9 nitrogen and oxygen atoms in total. The maximum atomic E-state index is 12.8. The van der Waals surface area contributed by atoms with Crippen molar-refractivity contribution >= 4 is 17.9 Å². The van der Waals surface area contributed by atoms with E-state index in [0.29, 0.717) is 23.9 Å². The number of unbranched alkanes of at least 4 members (excludes halogenated alkanes) is 46. The van der Waals surface area contributed by atoms with Crippen molar-refractivity contribution in [2.24, 2.45) is 0 Å². The summed E-state index contributed by atoms with van der Waals surface area (Å²) in [5.41, 5.74) is 0. The van der Waals surface area contributed by atoms with Gasteiger partial charge in [-0.1, -0.05) is 302 Å². The first-order valence-electron chi connectivity index (χ1n) is 33.3. The van der Waals surface area contributed by atoms with E-state index in [9.17, 15) is 19.5 Å². The molecule has 0 aromatic rings. The number of allylic oxidation sites excluding steroid dienone is 2. The maximum Gasteiger partial charge on any atom is 0.306 e. The van der Waals surface area contributed by atoms with Crippen LogP contribution in [0.3, 0.4) is 0 Å². The minimum Gasteiger partial charge on any atom is -0.545 e. The fraction of sp³-hybridized carbons (Fsp3) is 0.925. The highest BCUT2D eigenvalue weighted by molar-refractivity contribution is 5.70. The van der Waals surface area contributed by atoms with Crippen LogP contribution in [-0.2, 0) is 33.3 Å². The van der Waals surface area contributed by atoms with Crippen LogP contribution in [0.1, 0.15) is 341 Å². The van der Waals surface area contributed by atoms with E-state index in [1.807, 2.05) is 21.1 Å². The number of nitrogens with zero attached hydrogens (tertiary/aromatic N) is 1. The summed E-state index contributed by atoms with van der Waals surface area (Å²) in [4.78, 5) is 37.3. The second-order valence-corrected chi connectivity index (χ2v) is 24.1. The molecule has 2 atom stereocenters. The lowest BCUT2D eigenvalue weighted by Gasteiger charge is -2.26. The van der Waals surface area contributed by atoms with Gasteiger partial charge in [0, 0.05) is 12.8 Å². The lowest BCUT2D eigenvalue weighted by molar-refractivity contribution is -0.870. The Kier molecular flexibility index (Phi) is 57.6. The van der Waals surface area contributed by atoms with Gasteiger partial charge in [0.1, 0.15) is 13.2 Å². The van der Waals surface area contributed by atoms with Crippen LogP contribution in [0.15, 0.2) is 12.2 Å². The van der Waals surface area contributed by atoms with Crippen LogP contribution in [0.2, 0.25) is 0 Å². The van der Waals surface area contributed by atoms with Crippen molar-refractivity contribution in [1.29, 1.82) is 0 Å². The number of quaternary nitrogens is 1. The summed E-state index contributed by atoms with van der Waals surface area (Å²) in [6.07, 6.45) is 67.4. The Bertz CT molecular complexity index is 1250. The molecule has 0 aromatic carbocycles. The summed E-state index contributed by atoms with van der Waals surface area (Å²) in [6, 6.07) is 0. The molecule has 0 radical (unpaired) electrons. The molecule has 0 rings (SSSR count). The third kappa shape index (κ3) is 59.7. The molecule has 76 heavy (non-hydrogen) atoms. The summed E-state index contributed by atoms with van der Waals surface area (Å²) in [5.74, 6) is -2.27. The van der Waals surface area contributed by atoms with Crippen molar-refractivity contribution in [3.8, 4) is 0 Å². The minimum absolute atomic E-state index is 0.150. The number of rotatable bonds is 63. The molecule has 0 aliphatic heterocycles. The number of hydrogen-bond acceptors (Lipinski definition) is 8. The SMILES string of the molecule is CCCCCCCCC/C=C\CCCCCCCC(=O)OC(COC(=O)CCCCCCCCCCCCCCCCCCCCCCCCCCCCCCCCCCCCC)COC(OCC[N+](C)(C)C)C(=O)[O-]. The van der Waals surface area contributed by atoms with E-state index in [0.717, 1.165) is 51.4 Å². The summed E-state index contributed by atoms with van der Waals surface area (Å²) in [7, 11) is 5.93. The molecule has 0 amide bonds. The normalized spacial score (nSPS) is 12.7. The lowest BCUT2D eigenvalue weighted by Crippen LogP contribution is -2.44. The van der Waals surface area contributed by atoms with Gasteiger partial charge in [-0.2, -0.15) is 0 Å². The van der Waals surface area contributed by atoms with Gasteiger partial charge >= 0.3 is 11.9 Å². The zero-order valence-corrected chi connectivity index (χ0v) is 51.4. The number of carboxylic acid groups (broad SMARTS) is 1. The van der Waals surface area contributed by atoms with E-state index in [-0.39, 0.29) is 32.2 Å². The van der Waals surface area contributed by atoms with Crippen molar-refractivity contribution in [3.63, 3.8) is 0 Å². The molecule has 2 unspecified atom stereocenters. The smallest absolute Gasteiger partial charge is 0.306 e. The minimum atomic E-state index is -1.62. The molecule has 450 valence electrons. The zero-order chi connectivity index (χ0) is 55.5. The molecule has 0 aliphatic carbocycles. The fourth-order valence-corrected chi connectivity index (χ4v) is 10.1. The van der Waals surface area contributed by atoms with Gasteiger partial charge in [-0.3, -0.25) is 9.59 Å². The predicted octanol–water partition coefficient (Wildman–Crippen LogP) is 18.7. The van der Waals surface area contributed by atoms with E-state index in [4.69, 9.17) is 18.9 Å². The van der Waals surface area contributed by atoms with Gasteiger partial charge < -0.3 is 33.3 Å². The molecule has 0 fully saturated rings. The van der Waals surface area contributed by atoms with E-state index < -0.39 is 24.3 Å². The monoisotopic (exact) mass is 1080 g/mol. The number of likely N-dealkylation sites (N-methyl/N-ethyl adjacent to an activating group) is 1. The quantitative estimate of drug-likeness (QED) is 0.0195. The number of esters is 2. The van der Waals surface area contributed by atoms with Crippen molar-refractivity contribution in [1.82, 2.24) is 0 Å². The van der Waals surface area contributed by atoms with Gasteiger partial charge in [-0.15, -0.1) is 0 Å². The van der Waals surface area contributed by atoms with Gasteiger partial charge in [-0.25, -0.2) is 0 Å². The molecular formula is C67H129NO8. The second kappa shape index (κ2) is 59.2. The van der Waals surface area contributed by atoms with Crippen LogP contribution < -0.4 is 5.11 Å². The molecule has 0 heterocycles. The van der Waals surface area contributed by atoms with Crippen molar-refractivity contribution in [2.75, 3.05) is 47.5 Å². The van der Waals surface area contributed by atoms with Gasteiger partial charge in [0.25, 0.3) is 0 Å². The maximum absolute atomic E-state index is 12.8. The summed E-state index contributed by atoms with van der Waals surface area (Å²) in [6.45, 7) is 4.80. The van der Waals surface area contributed by atoms with Gasteiger partial charge in [0.05, 0.1) is 40.3 Å². The third-order valence-corrected chi connectivity index (χ3v) is 15.3. The summed E-state index contributed by atoms with van der Waals surface area (Å²) < 4.78 is 22.7. The van der Waals surface area contributed by atoms with Gasteiger partial charge in [0.2, 0.25) is 0 Å². The average Bonchev–Trinajstić information content (AvgIpc) is 3.39. The summed E-state index contributed by atoms with van der Waals surface area (Å²) >= 11 is 0. The number of ether oxygens (including phenoxy) is 4. The molecule has 0 saturated carbocycles.